The Morgan fingerprint density at radius 2 is 1.79 bits per heavy atom. The Hall–Kier alpha value is -2.14. The highest BCUT2D eigenvalue weighted by atomic mass is 79.9. The molecule has 0 spiro atoms. The molecular formula is C19H19BrFN3. The maximum absolute atomic E-state index is 13.4. The minimum atomic E-state index is -0.245. The van der Waals surface area contributed by atoms with Gasteiger partial charge in [-0.1, -0.05) is 18.2 Å². The van der Waals surface area contributed by atoms with Crippen molar-refractivity contribution in [1.29, 1.82) is 0 Å². The number of hydrogen-bond acceptors (Lipinski definition) is 2. The average Bonchev–Trinajstić information content (AvgIpc) is 2.98. The summed E-state index contributed by atoms with van der Waals surface area (Å²) < 4.78 is 15.9. The van der Waals surface area contributed by atoms with Gasteiger partial charge in [0.25, 0.3) is 0 Å². The van der Waals surface area contributed by atoms with Crippen molar-refractivity contribution >= 4 is 21.6 Å². The molecule has 124 valence electrons. The fraction of sp³-hybridized carbons (Fsp3) is 0.211. The van der Waals surface area contributed by atoms with Crippen LogP contribution in [0.15, 0.2) is 59.3 Å². The summed E-state index contributed by atoms with van der Waals surface area (Å²) in [6.45, 7) is 0.671. The summed E-state index contributed by atoms with van der Waals surface area (Å²) in [5.74, 6) is 0.749. The van der Waals surface area contributed by atoms with Gasteiger partial charge in [-0.15, -0.1) is 0 Å². The average molecular weight is 388 g/mol. The summed E-state index contributed by atoms with van der Waals surface area (Å²) in [5.41, 5.74) is 3.43. The second kappa shape index (κ2) is 7.18. The Kier molecular flexibility index (Phi) is 5.00. The number of hydrogen-bond donors (Lipinski definition) is 0. The van der Waals surface area contributed by atoms with Crippen molar-refractivity contribution in [3.63, 3.8) is 0 Å². The molecule has 0 unspecified atom stereocenters. The van der Waals surface area contributed by atoms with E-state index in [0.717, 1.165) is 17.8 Å². The predicted molar refractivity (Wildman–Crippen MR) is 99.0 cm³/mol. The van der Waals surface area contributed by atoms with Gasteiger partial charge >= 0.3 is 0 Å². The van der Waals surface area contributed by atoms with Crippen molar-refractivity contribution in [2.75, 3.05) is 19.0 Å². The predicted octanol–water partition coefficient (Wildman–Crippen LogP) is 4.49. The zero-order chi connectivity index (χ0) is 17.1. The van der Waals surface area contributed by atoms with Crippen LogP contribution in [0.2, 0.25) is 0 Å². The van der Waals surface area contributed by atoms with Crippen LogP contribution in [0.3, 0.4) is 0 Å². The molecule has 1 heterocycles. The molecule has 3 nitrogen and oxygen atoms in total. The van der Waals surface area contributed by atoms with Gasteiger partial charge in [0.2, 0.25) is 0 Å². The molecule has 5 heteroatoms. The van der Waals surface area contributed by atoms with Crippen molar-refractivity contribution in [3.8, 4) is 0 Å². The molecule has 3 aromatic rings. The van der Waals surface area contributed by atoms with Crippen LogP contribution >= 0.6 is 15.9 Å². The Bertz CT molecular complexity index is 825. The molecule has 0 atom stereocenters. The van der Waals surface area contributed by atoms with E-state index < -0.39 is 0 Å². The third-order valence-corrected chi connectivity index (χ3v) is 4.56. The smallest absolute Gasteiger partial charge is 0.137 e. The van der Waals surface area contributed by atoms with Gasteiger partial charge in [0.05, 0.1) is 4.47 Å². The van der Waals surface area contributed by atoms with Gasteiger partial charge in [0.15, 0.2) is 0 Å². The van der Waals surface area contributed by atoms with Crippen LogP contribution in [0, 0.1) is 5.82 Å². The van der Waals surface area contributed by atoms with Gasteiger partial charge < -0.3 is 9.47 Å². The van der Waals surface area contributed by atoms with Crippen LogP contribution in [-0.2, 0) is 13.0 Å². The summed E-state index contributed by atoms with van der Waals surface area (Å²) in [5, 5.41) is 0. The Labute approximate surface area is 149 Å². The Morgan fingerprint density at radius 3 is 2.46 bits per heavy atom. The third kappa shape index (κ3) is 3.85. The van der Waals surface area contributed by atoms with E-state index in [1.165, 1.54) is 17.3 Å². The lowest BCUT2D eigenvalue weighted by Crippen LogP contribution is -2.08. The number of imidazole rings is 1. The fourth-order valence-corrected chi connectivity index (χ4v) is 3.01. The molecule has 0 saturated heterocycles. The van der Waals surface area contributed by atoms with E-state index in [2.05, 4.69) is 54.6 Å². The molecule has 0 N–H and O–H groups in total. The van der Waals surface area contributed by atoms with Crippen molar-refractivity contribution in [1.82, 2.24) is 9.55 Å². The number of aromatic nitrogens is 2. The molecule has 0 radical (unpaired) electrons. The molecule has 2 aromatic carbocycles. The van der Waals surface area contributed by atoms with Crippen LogP contribution in [0.1, 0.15) is 17.0 Å². The van der Waals surface area contributed by atoms with E-state index in [9.17, 15) is 4.39 Å². The molecule has 1 aromatic heterocycles. The van der Waals surface area contributed by atoms with E-state index in [1.807, 2.05) is 32.6 Å². The minimum absolute atomic E-state index is 0.245. The zero-order valence-corrected chi connectivity index (χ0v) is 15.3. The van der Waals surface area contributed by atoms with Crippen molar-refractivity contribution in [2.24, 2.45) is 0 Å². The minimum Gasteiger partial charge on any atom is -0.378 e. The number of anilines is 1. The number of halogens is 2. The maximum Gasteiger partial charge on any atom is 0.137 e. The van der Waals surface area contributed by atoms with Crippen LogP contribution in [0.5, 0.6) is 0 Å². The molecule has 0 bridgehead atoms. The van der Waals surface area contributed by atoms with Crippen LogP contribution in [0.4, 0.5) is 10.1 Å². The van der Waals surface area contributed by atoms with Crippen LogP contribution in [-0.4, -0.2) is 23.6 Å². The van der Waals surface area contributed by atoms with Gasteiger partial charge in [0, 0.05) is 45.1 Å². The first-order valence-corrected chi connectivity index (χ1v) is 8.52. The second-order valence-corrected chi connectivity index (χ2v) is 6.81. The highest BCUT2D eigenvalue weighted by molar-refractivity contribution is 9.10. The lowest BCUT2D eigenvalue weighted by Gasteiger charge is -2.13. The first-order valence-electron chi connectivity index (χ1n) is 7.73. The van der Waals surface area contributed by atoms with Crippen molar-refractivity contribution in [3.05, 3.63) is 82.1 Å². The van der Waals surface area contributed by atoms with Crippen molar-refractivity contribution < 1.29 is 4.39 Å². The first kappa shape index (κ1) is 16.7. The lowest BCUT2D eigenvalue weighted by molar-refractivity contribution is 0.619. The van der Waals surface area contributed by atoms with Gasteiger partial charge in [-0.2, -0.15) is 0 Å². The number of rotatable bonds is 5. The molecule has 0 fully saturated rings. The highest BCUT2D eigenvalue weighted by Gasteiger charge is 2.07. The first-order chi connectivity index (χ1) is 11.5. The summed E-state index contributed by atoms with van der Waals surface area (Å²) in [7, 11) is 4.06. The van der Waals surface area contributed by atoms with E-state index in [1.54, 1.807) is 6.07 Å². The largest absolute Gasteiger partial charge is 0.378 e. The van der Waals surface area contributed by atoms with E-state index in [4.69, 9.17) is 0 Å². The molecule has 0 aliphatic carbocycles. The normalized spacial score (nSPS) is 10.8. The standard InChI is InChI=1S/C19H19BrFN3/c1-23(2)16-6-3-14(4-7-16)12-19-22-9-10-24(19)13-15-5-8-18(21)17(20)11-15/h3-11H,12-13H2,1-2H3. The second-order valence-electron chi connectivity index (χ2n) is 5.96. The lowest BCUT2D eigenvalue weighted by atomic mass is 10.1. The summed E-state index contributed by atoms with van der Waals surface area (Å²) in [6.07, 6.45) is 4.53. The van der Waals surface area contributed by atoms with E-state index >= 15 is 0 Å². The van der Waals surface area contributed by atoms with Gasteiger partial charge in [-0.3, -0.25) is 0 Å². The molecule has 0 amide bonds. The SMILES string of the molecule is CN(C)c1ccc(Cc2nccn2Cc2ccc(F)c(Br)c2)cc1. The summed E-state index contributed by atoms with van der Waals surface area (Å²) in [6, 6.07) is 13.6. The Balaban J connectivity index is 1.76. The van der Waals surface area contributed by atoms with Crippen LogP contribution in [0.25, 0.3) is 0 Å². The molecule has 24 heavy (non-hydrogen) atoms. The van der Waals surface area contributed by atoms with Crippen LogP contribution < -0.4 is 4.90 Å². The maximum atomic E-state index is 13.4. The number of benzene rings is 2. The quantitative estimate of drug-likeness (QED) is 0.642. The topological polar surface area (TPSA) is 21.1 Å². The molecular weight excluding hydrogens is 369 g/mol. The third-order valence-electron chi connectivity index (χ3n) is 3.95. The highest BCUT2D eigenvalue weighted by Crippen LogP contribution is 2.19. The van der Waals surface area contributed by atoms with Gasteiger partial charge in [0.1, 0.15) is 11.6 Å². The molecule has 0 aliphatic heterocycles. The molecule has 0 saturated carbocycles. The Morgan fingerprint density at radius 1 is 1.08 bits per heavy atom. The van der Waals surface area contributed by atoms with E-state index in [-0.39, 0.29) is 5.82 Å². The summed E-state index contributed by atoms with van der Waals surface area (Å²) in [4.78, 5) is 6.55. The fourth-order valence-electron chi connectivity index (χ4n) is 2.58. The van der Waals surface area contributed by atoms with Gasteiger partial charge in [-0.25, -0.2) is 9.37 Å². The molecule has 3 rings (SSSR count). The van der Waals surface area contributed by atoms with Crippen molar-refractivity contribution in [2.45, 2.75) is 13.0 Å². The zero-order valence-electron chi connectivity index (χ0n) is 13.7. The monoisotopic (exact) mass is 387 g/mol. The van der Waals surface area contributed by atoms with Gasteiger partial charge in [-0.05, 0) is 51.3 Å². The molecule has 0 aliphatic rings. The number of nitrogens with zero attached hydrogens (tertiary/aromatic N) is 3. The summed E-state index contributed by atoms with van der Waals surface area (Å²) >= 11 is 3.24. The van der Waals surface area contributed by atoms with E-state index in [0.29, 0.717) is 11.0 Å².